The topological polar surface area (TPSA) is 106 Å². The molecule has 0 bridgehead atoms. The maximum absolute atomic E-state index is 14.9. The first-order valence-corrected chi connectivity index (χ1v) is 12.6. The van der Waals surface area contributed by atoms with Gasteiger partial charge in [-0.1, -0.05) is 12.1 Å². The highest BCUT2D eigenvalue weighted by molar-refractivity contribution is 6.05. The quantitative estimate of drug-likeness (QED) is 0.297. The molecule has 0 fully saturated rings. The largest absolute Gasteiger partial charge is 0.343 e. The molecule has 208 valence electrons. The van der Waals surface area contributed by atoms with Crippen molar-refractivity contribution in [1.29, 1.82) is 0 Å². The van der Waals surface area contributed by atoms with Crippen LogP contribution in [-0.2, 0) is 0 Å². The number of hydrogen-bond donors (Lipinski definition) is 2. The summed E-state index contributed by atoms with van der Waals surface area (Å²) in [6.07, 6.45) is 0. The van der Waals surface area contributed by atoms with E-state index < -0.39 is 34.6 Å². The molecule has 0 aliphatic heterocycles. The average molecular weight is 559 g/mol. The second-order valence-electron chi connectivity index (χ2n) is 9.39. The number of benzene rings is 3. The van der Waals surface area contributed by atoms with Gasteiger partial charge in [0.1, 0.15) is 23.1 Å². The van der Waals surface area contributed by atoms with E-state index in [9.17, 15) is 22.8 Å². The molecule has 0 aliphatic carbocycles. The normalized spacial score (nSPS) is 11.1. The van der Waals surface area contributed by atoms with E-state index in [-0.39, 0.29) is 23.7 Å². The van der Waals surface area contributed by atoms with Gasteiger partial charge in [0.25, 0.3) is 11.5 Å². The van der Waals surface area contributed by atoms with Crippen LogP contribution in [0.1, 0.15) is 15.9 Å². The molecular weight excluding hydrogens is 533 g/mol. The Morgan fingerprint density at radius 1 is 0.976 bits per heavy atom. The fourth-order valence-electron chi connectivity index (χ4n) is 4.45. The number of hydrogen-bond acceptors (Lipinski definition) is 6. The van der Waals surface area contributed by atoms with Gasteiger partial charge in [-0.2, -0.15) is 4.98 Å². The van der Waals surface area contributed by atoms with E-state index in [2.05, 4.69) is 10.3 Å². The van der Waals surface area contributed by atoms with Crippen LogP contribution >= 0.6 is 0 Å². The molecule has 5 rings (SSSR count). The molecule has 0 saturated carbocycles. The first-order chi connectivity index (χ1) is 19.7. The number of anilines is 2. The number of para-hydroxylation sites is 1. The SMILES string of the molecule is Cc1ccc(C(=O)Nc2ccc(F)cc2)cc1-c1nc(N(C)CCN)nc2c1ccc(=O)n2-c1c(F)cccc1F. The summed E-state index contributed by atoms with van der Waals surface area (Å²) in [5.74, 6) is -2.59. The first-order valence-electron chi connectivity index (χ1n) is 12.6. The molecule has 3 N–H and O–H groups in total. The van der Waals surface area contributed by atoms with E-state index in [0.29, 0.717) is 28.9 Å². The highest BCUT2D eigenvalue weighted by Crippen LogP contribution is 2.32. The van der Waals surface area contributed by atoms with Gasteiger partial charge in [0.2, 0.25) is 5.95 Å². The second-order valence-corrected chi connectivity index (χ2v) is 9.39. The number of likely N-dealkylation sites (N-methyl/N-ethyl adjacent to an activating group) is 1. The van der Waals surface area contributed by atoms with Crippen LogP contribution in [0.4, 0.5) is 24.8 Å². The van der Waals surface area contributed by atoms with Gasteiger partial charge in [-0.25, -0.2) is 18.2 Å². The van der Waals surface area contributed by atoms with E-state index in [1.807, 2.05) is 6.92 Å². The number of nitrogens with two attached hydrogens (primary N) is 1. The Balaban J connectivity index is 1.74. The zero-order chi connectivity index (χ0) is 29.3. The smallest absolute Gasteiger partial charge is 0.256 e. The molecule has 3 aromatic carbocycles. The summed E-state index contributed by atoms with van der Waals surface area (Å²) in [6, 6.07) is 16.3. The number of pyridine rings is 1. The maximum atomic E-state index is 14.9. The Morgan fingerprint density at radius 3 is 2.37 bits per heavy atom. The molecule has 0 atom stereocenters. The van der Waals surface area contributed by atoms with Crippen molar-refractivity contribution in [2.75, 3.05) is 30.4 Å². The Morgan fingerprint density at radius 2 is 1.68 bits per heavy atom. The number of nitrogens with one attached hydrogen (secondary N) is 1. The number of carbonyl (C=O) groups excluding carboxylic acids is 1. The van der Waals surface area contributed by atoms with Gasteiger partial charge in [-0.3, -0.25) is 14.2 Å². The van der Waals surface area contributed by atoms with Crippen LogP contribution in [0.25, 0.3) is 28.0 Å². The van der Waals surface area contributed by atoms with Crippen molar-refractivity contribution in [3.05, 3.63) is 112 Å². The lowest BCUT2D eigenvalue weighted by molar-refractivity contribution is 0.102. The van der Waals surface area contributed by atoms with Crippen LogP contribution in [0.2, 0.25) is 0 Å². The van der Waals surface area contributed by atoms with Crippen LogP contribution in [0.15, 0.2) is 77.6 Å². The van der Waals surface area contributed by atoms with Crippen LogP contribution < -0.4 is 21.5 Å². The molecule has 41 heavy (non-hydrogen) atoms. The van der Waals surface area contributed by atoms with E-state index in [1.54, 1.807) is 30.1 Å². The molecule has 0 saturated heterocycles. The minimum atomic E-state index is -0.938. The Kier molecular flexibility index (Phi) is 7.54. The fourth-order valence-corrected chi connectivity index (χ4v) is 4.45. The second kappa shape index (κ2) is 11.2. The van der Waals surface area contributed by atoms with Crippen molar-refractivity contribution in [1.82, 2.24) is 14.5 Å². The third kappa shape index (κ3) is 5.39. The number of nitrogens with zero attached hydrogens (tertiary/aromatic N) is 4. The fraction of sp³-hybridized carbons (Fsp3) is 0.133. The zero-order valence-corrected chi connectivity index (χ0v) is 22.2. The lowest BCUT2D eigenvalue weighted by Gasteiger charge is -2.20. The molecule has 5 aromatic rings. The molecule has 0 spiro atoms. The maximum Gasteiger partial charge on any atom is 0.256 e. The molecule has 0 unspecified atom stereocenters. The van der Waals surface area contributed by atoms with Gasteiger partial charge in [0.05, 0.1) is 5.69 Å². The molecule has 11 heteroatoms. The number of amides is 1. The lowest BCUT2D eigenvalue weighted by Crippen LogP contribution is -2.28. The van der Waals surface area contributed by atoms with E-state index >= 15 is 0 Å². The lowest BCUT2D eigenvalue weighted by atomic mass is 9.99. The zero-order valence-electron chi connectivity index (χ0n) is 22.2. The highest BCUT2D eigenvalue weighted by Gasteiger charge is 2.22. The standard InChI is InChI=1S/C30H25F3N6O2/c1-17-6-7-18(29(41)35-20-10-8-19(31)9-11-20)16-22(17)26-21-12-13-25(40)39(27-23(32)4-3-5-24(27)33)28(21)37-30(36-26)38(2)15-14-34/h3-13,16H,14-15,34H2,1-2H3,(H,35,41). The Hall–Kier alpha value is -5.03. The summed E-state index contributed by atoms with van der Waals surface area (Å²) in [5.41, 5.74) is 6.78. The predicted molar refractivity (Wildman–Crippen MR) is 152 cm³/mol. The minimum Gasteiger partial charge on any atom is -0.343 e. The Bertz CT molecular complexity index is 1820. The number of halogens is 3. The molecular formula is C30H25F3N6O2. The minimum absolute atomic E-state index is 0.0223. The molecule has 0 radical (unpaired) electrons. The van der Waals surface area contributed by atoms with Gasteiger partial charge in [0, 0.05) is 48.4 Å². The van der Waals surface area contributed by atoms with Crippen molar-refractivity contribution in [3.8, 4) is 16.9 Å². The summed E-state index contributed by atoms with van der Waals surface area (Å²) in [4.78, 5) is 37.1. The molecule has 0 aliphatic rings. The van der Waals surface area contributed by atoms with Crippen LogP contribution in [0, 0.1) is 24.4 Å². The number of aromatic nitrogens is 3. The van der Waals surface area contributed by atoms with Gasteiger partial charge < -0.3 is 16.0 Å². The summed E-state index contributed by atoms with van der Waals surface area (Å²) < 4.78 is 44.0. The summed E-state index contributed by atoms with van der Waals surface area (Å²) in [7, 11) is 1.70. The van der Waals surface area contributed by atoms with Crippen molar-refractivity contribution >= 4 is 28.6 Å². The van der Waals surface area contributed by atoms with E-state index in [0.717, 1.165) is 22.3 Å². The van der Waals surface area contributed by atoms with Crippen LogP contribution in [0.3, 0.4) is 0 Å². The van der Waals surface area contributed by atoms with Crippen molar-refractivity contribution < 1.29 is 18.0 Å². The monoisotopic (exact) mass is 558 g/mol. The highest BCUT2D eigenvalue weighted by atomic mass is 19.1. The van der Waals surface area contributed by atoms with E-state index in [4.69, 9.17) is 10.7 Å². The van der Waals surface area contributed by atoms with E-state index in [1.165, 1.54) is 42.5 Å². The van der Waals surface area contributed by atoms with Gasteiger partial charge >= 0.3 is 0 Å². The summed E-state index contributed by atoms with van der Waals surface area (Å²) in [5, 5.41) is 3.06. The van der Waals surface area contributed by atoms with Crippen molar-refractivity contribution in [2.24, 2.45) is 5.73 Å². The summed E-state index contributed by atoms with van der Waals surface area (Å²) in [6.45, 7) is 2.45. The number of fused-ring (bicyclic) bond motifs is 1. The van der Waals surface area contributed by atoms with Crippen LogP contribution in [0.5, 0.6) is 0 Å². The predicted octanol–water partition coefficient (Wildman–Crippen LogP) is 4.82. The third-order valence-corrected chi connectivity index (χ3v) is 6.56. The Labute approximate surface area is 232 Å². The summed E-state index contributed by atoms with van der Waals surface area (Å²) >= 11 is 0. The van der Waals surface area contributed by atoms with Gasteiger partial charge in [-0.15, -0.1) is 0 Å². The third-order valence-electron chi connectivity index (χ3n) is 6.56. The van der Waals surface area contributed by atoms with Crippen LogP contribution in [-0.4, -0.2) is 40.6 Å². The molecule has 2 aromatic heterocycles. The molecule has 8 nitrogen and oxygen atoms in total. The number of rotatable bonds is 7. The first kappa shape index (κ1) is 27.5. The van der Waals surface area contributed by atoms with Crippen molar-refractivity contribution in [3.63, 3.8) is 0 Å². The van der Waals surface area contributed by atoms with Gasteiger partial charge in [0.15, 0.2) is 5.65 Å². The number of aryl methyl sites for hydroxylation is 1. The number of carbonyl (C=O) groups is 1. The molecule has 2 heterocycles. The average Bonchev–Trinajstić information content (AvgIpc) is 2.95. The van der Waals surface area contributed by atoms with Gasteiger partial charge in [-0.05, 0) is 67.1 Å². The van der Waals surface area contributed by atoms with Crippen molar-refractivity contribution in [2.45, 2.75) is 6.92 Å². The molecule has 1 amide bonds.